The van der Waals surface area contributed by atoms with Gasteiger partial charge in [-0.3, -0.25) is 9.48 Å². The number of hydrogen-bond donors (Lipinski definition) is 0. The third kappa shape index (κ3) is 6.47. The molecule has 33 heavy (non-hydrogen) atoms. The summed E-state index contributed by atoms with van der Waals surface area (Å²) in [6.07, 6.45) is 20.0. The zero-order valence-corrected chi connectivity index (χ0v) is 21.4. The largest absolute Gasteiger partial charge is 0.303 e. The molecule has 1 saturated carbocycles. The van der Waals surface area contributed by atoms with Crippen LogP contribution in [0.1, 0.15) is 84.1 Å². The van der Waals surface area contributed by atoms with Crippen molar-refractivity contribution < 1.29 is 4.79 Å². The summed E-state index contributed by atoms with van der Waals surface area (Å²) >= 11 is 0. The van der Waals surface area contributed by atoms with E-state index in [-0.39, 0.29) is 5.92 Å². The molecule has 0 aromatic carbocycles. The quantitative estimate of drug-likeness (QED) is 0.469. The predicted molar refractivity (Wildman–Crippen MR) is 136 cm³/mol. The van der Waals surface area contributed by atoms with Gasteiger partial charge in [0.05, 0.1) is 6.20 Å². The molecule has 0 bridgehead atoms. The Morgan fingerprint density at radius 1 is 1.03 bits per heavy atom. The van der Waals surface area contributed by atoms with E-state index >= 15 is 0 Å². The van der Waals surface area contributed by atoms with Gasteiger partial charge in [0.15, 0.2) is 0 Å². The number of allylic oxidation sites excluding steroid dienone is 3. The Morgan fingerprint density at radius 3 is 2.33 bits per heavy atom. The van der Waals surface area contributed by atoms with Crippen molar-refractivity contribution in [1.82, 2.24) is 14.7 Å². The second-order valence-electron chi connectivity index (χ2n) is 11.6. The number of carbonyl (C=O) groups excluding carboxylic acids is 1. The van der Waals surface area contributed by atoms with Crippen LogP contribution in [0.15, 0.2) is 36.2 Å². The van der Waals surface area contributed by atoms with Crippen LogP contribution in [-0.4, -0.2) is 40.1 Å². The van der Waals surface area contributed by atoms with Crippen LogP contribution >= 0.6 is 0 Å². The Bertz CT molecular complexity index is 833. The van der Waals surface area contributed by atoms with Gasteiger partial charge in [0.25, 0.3) is 0 Å². The molecular formula is C29H45N3O. The molecule has 182 valence electrons. The fourth-order valence-corrected chi connectivity index (χ4v) is 6.03. The molecule has 4 nitrogen and oxygen atoms in total. The van der Waals surface area contributed by atoms with Gasteiger partial charge in [0.1, 0.15) is 5.78 Å². The number of ketones is 1. The number of piperidine rings is 1. The van der Waals surface area contributed by atoms with Crippen molar-refractivity contribution in [3.05, 3.63) is 41.8 Å². The standard InChI is InChI=1S/C29H45N3O/c1-21(2)28-17-30-32(20-28)19-24-13-15-31(16-14-24)18-23-5-7-25(8-6-23)26-9-11-27(12-10-26)29(33)22(3)4/h5,7-8,17,20-24,26-27H,6,9-16,18-19H2,1-4H3. The molecule has 2 heterocycles. The van der Waals surface area contributed by atoms with Crippen molar-refractivity contribution in [3.8, 4) is 0 Å². The first-order valence-corrected chi connectivity index (χ1v) is 13.6. The predicted octanol–water partition coefficient (Wildman–Crippen LogP) is 6.25. The normalized spacial score (nSPS) is 27.3. The molecule has 4 heteroatoms. The summed E-state index contributed by atoms with van der Waals surface area (Å²) in [6.45, 7) is 13.3. The second-order valence-corrected chi connectivity index (χ2v) is 11.6. The molecule has 4 rings (SSSR count). The van der Waals surface area contributed by atoms with Gasteiger partial charge in [0, 0.05) is 31.1 Å². The third-order valence-corrected chi connectivity index (χ3v) is 8.35. The number of carbonyl (C=O) groups is 1. The van der Waals surface area contributed by atoms with Crippen molar-refractivity contribution in [1.29, 1.82) is 0 Å². The lowest BCUT2D eigenvalue weighted by Gasteiger charge is -2.35. The molecule has 1 saturated heterocycles. The Hall–Kier alpha value is -1.68. The van der Waals surface area contributed by atoms with Crippen LogP contribution in [0.2, 0.25) is 0 Å². The molecule has 1 atom stereocenters. The summed E-state index contributed by atoms with van der Waals surface area (Å²) in [5.41, 5.74) is 2.89. The third-order valence-electron chi connectivity index (χ3n) is 8.35. The van der Waals surface area contributed by atoms with E-state index in [4.69, 9.17) is 0 Å². The maximum atomic E-state index is 12.3. The second kappa shape index (κ2) is 11.2. The van der Waals surface area contributed by atoms with Crippen molar-refractivity contribution >= 4 is 5.78 Å². The summed E-state index contributed by atoms with van der Waals surface area (Å²) in [4.78, 5) is 15.0. The molecule has 1 aromatic rings. The zero-order valence-electron chi connectivity index (χ0n) is 21.4. The van der Waals surface area contributed by atoms with Gasteiger partial charge in [0.2, 0.25) is 0 Å². The topological polar surface area (TPSA) is 38.1 Å². The maximum Gasteiger partial charge on any atom is 0.138 e. The number of Topliss-reactive ketones (excluding diaryl/α,β-unsaturated/α-hetero) is 1. The lowest BCUT2D eigenvalue weighted by Crippen LogP contribution is -2.38. The Morgan fingerprint density at radius 2 is 1.76 bits per heavy atom. The lowest BCUT2D eigenvalue weighted by atomic mass is 9.74. The Balaban J connectivity index is 1.16. The van der Waals surface area contributed by atoms with E-state index in [1.165, 1.54) is 57.3 Å². The van der Waals surface area contributed by atoms with E-state index in [1.807, 2.05) is 20.0 Å². The van der Waals surface area contributed by atoms with Gasteiger partial charge >= 0.3 is 0 Å². The molecule has 3 aliphatic rings. The number of aromatic nitrogens is 2. The van der Waals surface area contributed by atoms with E-state index in [2.05, 4.69) is 53.0 Å². The average Bonchev–Trinajstić information content (AvgIpc) is 3.29. The smallest absolute Gasteiger partial charge is 0.138 e. The molecule has 0 N–H and O–H groups in total. The van der Waals surface area contributed by atoms with Crippen molar-refractivity contribution in [2.24, 2.45) is 29.6 Å². The first-order chi connectivity index (χ1) is 15.9. The average molecular weight is 452 g/mol. The van der Waals surface area contributed by atoms with E-state index in [9.17, 15) is 4.79 Å². The minimum Gasteiger partial charge on any atom is -0.303 e. The van der Waals surface area contributed by atoms with Gasteiger partial charge in [-0.15, -0.1) is 0 Å². The first-order valence-electron chi connectivity index (χ1n) is 13.6. The molecule has 0 amide bonds. The van der Waals surface area contributed by atoms with Crippen LogP contribution in [0.4, 0.5) is 0 Å². The fraction of sp³-hybridized carbons (Fsp3) is 0.724. The van der Waals surface area contributed by atoms with Gasteiger partial charge in [-0.25, -0.2) is 0 Å². The van der Waals surface area contributed by atoms with Crippen LogP contribution in [0.3, 0.4) is 0 Å². The van der Waals surface area contributed by atoms with E-state index in [0.29, 0.717) is 29.5 Å². The summed E-state index contributed by atoms with van der Waals surface area (Å²) < 4.78 is 2.16. The SMILES string of the molecule is CC(C)C(=O)C1CCC(C2=CCC(CN3CCC(Cn4cc(C(C)C)cn4)CC3)C=C2)CC1. The molecule has 2 fully saturated rings. The summed E-state index contributed by atoms with van der Waals surface area (Å²) in [5.74, 6) is 3.63. The van der Waals surface area contributed by atoms with Crippen molar-refractivity contribution in [2.75, 3.05) is 19.6 Å². The number of rotatable bonds is 8. The Labute approximate surface area is 201 Å². The molecular weight excluding hydrogens is 406 g/mol. The Kier molecular flexibility index (Phi) is 8.27. The molecule has 1 aliphatic heterocycles. The van der Waals surface area contributed by atoms with E-state index in [1.54, 1.807) is 5.57 Å². The number of likely N-dealkylation sites (tertiary alicyclic amines) is 1. The molecule has 1 unspecified atom stereocenters. The van der Waals surface area contributed by atoms with Crippen LogP contribution in [0, 0.1) is 29.6 Å². The van der Waals surface area contributed by atoms with Crippen LogP contribution in [0.25, 0.3) is 0 Å². The molecule has 0 radical (unpaired) electrons. The highest BCUT2D eigenvalue weighted by Crippen LogP contribution is 2.37. The van der Waals surface area contributed by atoms with Crippen LogP contribution in [0.5, 0.6) is 0 Å². The van der Waals surface area contributed by atoms with Gasteiger partial charge in [-0.2, -0.15) is 5.10 Å². The minimum absolute atomic E-state index is 0.189. The molecule has 2 aliphatic carbocycles. The van der Waals surface area contributed by atoms with Gasteiger partial charge < -0.3 is 4.90 Å². The van der Waals surface area contributed by atoms with Gasteiger partial charge in [-0.05, 0) is 92.8 Å². The minimum atomic E-state index is 0.189. The van der Waals surface area contributed by atoms with Gasteiger partial charge in [-0.1, -0.05) is 45.9 Å². The highest BCUT2D eigenvalue weighted by Gasteiger charge is 2.29. The highest BCUT2D eigenvalue weighted by molar-refractivity contribution is 5.82. The summed E-state index contributed by atoms with van der Waals surface area (Å²) in [6, 6.07) is 0. The van der Waals surface area contributed by atoms with Crippen LogP contribution in [-0.2, 0) is 11.3 Å². The lowest BCUT2D eigenvalue weighted by molar-refractivity contribution is -0.126. The van der Waals surface area contributed by atoms with Crippen molar-refractivity contribution in [3.63, 3.8) is 0 Å². The first kappa shape index (κ1) is 24.4. The number of nitrogens with zero attached hydrogens (tertiary/aromatic N) is 3. The zero-order chi connectivity index (χ0) is 23.4. The molecule has 0 spiro atoms. The monoisotopic (exact) mass is 451 g/mol. The highest BCUT2D eigenvalue weighted by atomic mass is 16.1. The molecule has 1 aromatic heterocycles. The summed E-state index contributed by atoms with van der Waals surface area (Å²) in [7, 11) is 0. The maximum absolute atomic E-state index is 12.3. The van der Waals surface area contributed by atoms with E-state index in [0.717, 1.165) is 25.3 Å². The van der Waals surface area contributed by atoms with E-state index < -0.39 is 0 Å². The fourth-order valence-electron chi connectivity index (χ4n) is 6.03. The van der Waals surface area contributed by atoms with Crippen LogP contribution < -0.4 is 0 Å². The van der Waals surface area contributed by atoms with Crippen molar-refractivity contribution in [2.45, 2.75) is 85.1 Å². The number of hydrogen-bond acceptors (Lipinski definition) is 3. The summed E-state index contributed by atoms with van der Waals surface area (Å²) in [5, 5.41) is 4.58.